The van der Waals surface area contributed by atoms with E-state index in [1.165, 1.54) is 49.7 Å². The minimum atomic E-state index is -2.03. The lowest BCUT2D eigenvalue weighted by atomic mass is 9.60. The fraction of sp³-hybridized carbons (Fsp3) is 0.882. The molecule has 0 bridgehead atoms. The zero-order valence-electron chi connectivity index (χ0n) is 43.8. The van der Waals surface area contributed by atoms with E-state index in [0.29, 0.717) is 17.3 Å². The topological polar surface area (TPSA) is 36.9 Å². The zero-order valence-corrected chi connectivity index (χ0v) is 47.8. The second-order valence-electron chi connectivity index (χ2n) is 26.7. The Hall–Kier alpha value is -0.0725. The molecule has 7 atom stereocenters. The Bertz CT molecular complexity index is 1510. The highest BCUT2D eigenvalue weighted by Gasteiger charge is 2.52. The molecule has 0 spiro atoms. The van der Waals surface area contributed by atoms with E-state index in [-0.39, 0.29) is 44.1 Å². The second-order valence-corrected chi connectivity index (χ2v) is 45.7. The minimum absolute atomic E-state index is 0.0130. The minimum Gasteiger partial charge on any atom is -0.413 e. The van der Waals surface area contributed by atoms with Gasteiger partial charge in [-0.2, -0.15) is 0 Å². The van der Waals surface area contributed by atoms with E-state index >= 15 is 0 Å². The first-order valence-corrected chi connectivity index (χ1v) is 35.6. The molecule has 0 aromatic carbocycles. The van der Waals surface area contributed by atoms with Crippen LogP contribution in [-0.4, -0.2) is 57.2 Å². The molecule has 3 fully saturated rings. The molecule has 8 heteroatoms. The van der Waals surface area contributed by atoms with Gasteiger partial charge in [0, 0.05) is 6.42 Å². The van der Waals surface area contributed by atoms with E-state index in [4.69, 9.17) is 24.3 Å². The van der Waals surface area contributed by atoms with E-state index in [2.05, 4.69) is 175 Å². The van der Waals surface area contributed by atoms with Crippen molar-refractivity contribution in [1.29, 1.82) is 0 Å². The van der Waals surface area contributed by atoms with Crippen molar-refractivity contribution < 1.29 is 17.7 Å². The molecule has 0 heterocycles. The van der Waals surface area contributed by atoms with Crippen molar-refractivity contribution in [2.24, 2.45) is 23.2 Å². The summed E-state index contributed by atoms with van der Waals surface area (Å²) in [5, 5.41) is 0.610. The molecule has 344 valence electrons. The van der Waals surface area contributed by atoms with Gasteiger partial charge in [-0.1, -0.05) is 121 Å². The van der Waals surface area contributed by atoms with Gasteiger partial charge in [0.15, 0.2) is 33.3 Å². The summed E-state index contributed by atoms with van der Waals surface area (Å²) in [4.78, 5) is 0. The second kappa shape index (κ2) is 18.1. The third-order valence-electron chi connectivity index (χ3n) is 17.7. The molecule has 59 heavy (non-hydrogen) atoms. The van der Waals surface area contributed by atoms with Crippen LogP contribution in [0.15, 0.2) is 35.5 Å². The predicted octanol–water partition coefficient (Wildman–Crippen LogP) is 16.8. The Morgan fingerprint density at radius 2 is 1.20 bits per heavy atom. The lowest BCUT2D eigenvalue weighted by molar-refractivity contribution is -0.0386. The van der Waals surface area contributed by atoms with Crippen LogP contribution in [0.5, 0.6) is 0 Å². The van der Waals surface area contributed by atoms with Crippen molar-refractivity contribution in [3.63, 3.8) is 0 Å². The van der Waals surface area contributed by atoms with Crippen molar-refractivity contribution in [2.75, 3.05) is 0 Å². The van der Waals surface area contributed by atoms with Gasteiger partial charge in [-0.05, 0) is 172 Å². The van der Waals surface area contributed by atoms with Gasteiger partial charge in [0.25, 0.3) is 0 Å². The maximum absolute atomic E-state index is 7.39. The van der Waals surface area contributed by atoms with Gasteiger partial charge in [0.1, 0.15) is 0 Å². The quantitative estimate of drug-likeness (QED) is 0.163. The lowest BCUT2D eigenvalue weighted by Crippen LogP contribution is -2.56. The van der Waals surface area contributed by atoms with Gasteiger partial charge in [-0.25, -0.2) is 0 Å². The average Bonchev–Trinajstić information content (AvgIpc) is 3.38. The van der Waals surface area contributed by atoms with E-state index in [1.807, 2.05) is 0 Å². The number of hydrogen-bond donors (Lipinski definition) is 0. The summed E-state index contributed by atoms with van der Waals surface area (Å²) in [6, 6.07) is 0. The Morgan fingerprint density at radius 1 is 0.695 bits per heavy atom. The van der Waals surface area contributed by atoms with Crippen LogP contribution >= 0.6 is 0 Å². The highest BCUT2D eigenvalue weighted by Crippen LogP contribution is 2.60. The van der Waals surface area contributed by atoms with Crippen LogP contribution in [0.2, 0.25) is 72.5 Å². The standard InChI is InChI=1S/C51H100O4Si4/c1-37(28-33-45(54-58(22,23)48(9,10)11)50(15,16)55-59(24,25)49(12,13)14)42-31-32-43-39(27-26-34-51(42,43)17)29-30-40-35-41(52-56(18,19)46(3,4)5)36-44(38(40)2)53-57(20,21)47(6,7)8/h29-30,37,41-45H,2,26-28,31-36H2,1,3-25H3/t37-,41-,42-,43+,44+,45-,51-/m1/s1. The summed E-state index contributed by atoms with van der Waals surface area (Å²) in [5.74, 6) is 2.00. The molecule has 0 saturated heterocycles. The van der Waals surface area contributed by atoms with E-state index in [1.54, 1.807) is 5.57 Å². The van der Waals surface area contributed by atoms with Gasteiger partial charge >= 0.3 is 0 Å². The number of allylic oxidation sites excluding steroid dienone is 3. The van der Waals surface area contributed by atoms with Crippen LogP contribution in [0.3, 0.4) is 0 Å². The summed E-state index contributed by atoms with van der Waals surface area (Å²) in [5.41, 5.74) is 4.19. The number of hydrogen-bond acceptors (Lipinski definition) is 4. The molecule has 3 rings (SSSR count). The lowest BCUT2D eigenvalue weighted by Gasteiger charge is -2.49. The SMILES string of the molecule is C=C1C(=CC=C2CCC[C@]3(C)[C@@H]([C@H](C)CC[C@@H](O[Si](C)(C)C(C)(C)C)C(C)(C)O[Si](C)(C)C(C)(C)C)CC[C@@H]23)C[C@@H](O[Si](C)(C)C(C)(C)C)C[C@@H]1O[Si](C)(C)C(C)(C)C. The summed E-state index contributed by atoms with van der Waals surface area (Å²) in [6.07, 6.45) is 15.8. The molecular weight excluding hydrogens is 789 g/mol. The van der Waals surface area contributed by atoms with Crippen molar-refractivity contribution in [3.05, 3.63) is 35.5 Å². The summed E-state index contributed by atoms with van der Waals surface area (Å²) >= 11 is 0. The molecule has 0 unspecified atom stereocenters. The third kappa shape index (κ3) is 12.4. The molecule has 3 aliphatic rings. The highest BCUT2D eigenvalue weighted by molar-refractivity contribution is 6.75. The van der Waals surface area contributed by atoms with E-state index < -0.39 is 33.3 Å². The Kier molecular flexibility index (Phi) is 16.3. The van der Waals surface area contributed by atoms with Gasteiger partial charge < -0.3 is 17.7 Å². The normalized spacial score (nSPS) is 28.6. The molecule has 0 aliphatic heterocycles. The number of fused-ring (bicyclic) bond motifs is 1. The number of rotatable bonds is 14. The molecule has 0 aromatic heterocycles. The van der Waals surface area contributed by atoms with Crippen molar-refractivity contribution in [3.8, 4) is 0 Å². The van der Waals surface area contributed by atoms with E-state index in [9.17, 15) is 0 Å². The van der Waals surface area contributed by atoms with E-state index in [0.717, 1.165) is 25.2 Å². The molecule has 4 nitrogen and oxygen atoms in total. The zero-order chi connectivity index (χ0) is 45.8. The van der Waals surface area contributed by atoms with Crippen LogP contribution < -0.4 is 0 Å². The van der Waals surface area contributed by atoms with Crippen LogP contribution in [-0.2, 0) is 17.7 Å². The maximum atomic E-state index is 7.39. The summed E-state index contributed by atoms with van der Waals surface area (Å²) < 4.78 is 29.0. The highest BCUT2D eigenvalue weighted by atomic mass is 28.4. The van der Waals surface area contributed by atoms with Crippen molar-refractivity contribution in [1.82, 2.24) is 0 Å². The fourth-order valence-corrected chi connectivity index (χ4v) is 15.4. The first kappa shape index (κ1) is 53.3. The molecule has 0 radical (unpaired) electrons. The predicted molar refractivity (Wildman–Crippen MR) is 270 cm³/mol. The van der Waals surface area contributed by atoms with Gasteiger partial charge in [-0.15, -0.1) is 0 Å². The first-order chi connectivity index (χ1) is 26.2. The Morgan fingerprint density at radius 3 is 1.71 bits per heavy atom. The molecule has 3 saturated carbocycles. The van der Waals surface area contributed by atoms with Crippen molar-refractivity contribution in [2.45, 2.75) is 265 Å². The van der Waals surface area contributed by atoms with Crippen LogP contribution in [0, 0.1) is 23.2 Å². The smallest absolute Gasteiger partial charge is 0.192 e. The first-order valence-electron chi connectivity index (χ1n) is 24.0. The largest absolute Gasteiger partial charge is 0.413 e. The van der Waals surface area contributed by atoms with Gasteiger partial charge in [-0.3, -0.25) is 0 Å². The monoisotopic (exact) mass is 889 g/mol. The Balaban J connectivity index is 1.91. The Labute approximate surface area is 372 Å². The van der Waals surface area contributed by atoms with Crippen LogP contribution in [0.1, 0.15) is 169 Å². The summed E-state index contributed by atoms with van der Waals surface area (Å²) in [7, 11) is -8.01. The fourth-order valence-electron chi connectivity index (χ4n) is 9.55. The molecular formula is C51H100O4Si4. The third-order valence-corrected chi connectivity index (χ3v) is 35.8. The van der Waals surface area contributed by atoms with Crippen molar-refractivity contribution >= 4 is 33.3 Å². The van der Waals surface area contributed by atoms with Crippen LogP contribution in [0.25, 0.3) is 0 Å². The van der Waals surface area contributed by atoms with Gasteiger partial charge in [0.05, 0.1) is 23.9 Å². The molecule has 0 aromatic rings. The van der Waals surface area contributed by atoms with Crippen LogP contribution in [0.4, 0.5) is 0 Å². The van der Waals surface area contributed by atoms with Gasteiger partial charge in [0.2, 0.25) is 0 Å². The summed E-state index contributed by atoms with van der Waals surface area (Å²) in [6.45, 7) is 62.2. The molecule has 0 amide bonds. The molecule has 3 aliphatic carbocycles. The molecule has 0 N–H and O–H groups in total. The maximum Gasteiger partial charge on any atom is 0.192 e. The average molecular weight is 890 g/mol.